The molecule has 2 unspecified atom stereocenters. The first kappa shape index (κ1) is 13.4. The van der Waals surface area contributed by atoms with Crippen molar-refractivity contribution < 1.29 is 0 Å². The molecule has 1 aromatic rings. The van der Waals surface area contributed by atoms with Crippen LogP contribution in [0, 0.1) is 0 Å². The van der Waals surface area contributed by atoms with Crippen LogP contribution < -0.4 is 10.2 Å². The third-order valence-electron chi connectivity index (χ3n) is 5.51. The maximum Gasteiger partial charge on any atom is 0.0376 e. The lowest BCUT2D eigenvalue weighted by Gasteiger charge is -2.30. The second-order valence-corrected chi connectivity index (χ2v) is 7.06. The van der Waals surface area contributed by atoms with Gasteiger partial charge in [0.15, 0.2) is 0 Å². The number of rotatable bonds is 1. The van der Waals surface area contributed by atoms with Gasteiger partial charge in [0.05, 0.1) is 0 Å². The molecule has 3 heterocycles. The van der Waals surface area contributed by atoms with Crippen molar-refractivity contribution in [1.29, 1.82) is 0 Å². The number of hydrogen-bond donors (Lipinski definition) is 1. The molecule has 0 aliphatic carbocycles. The maximum absolute atomic E-state index is 3.61. The Morgan fingerprint density at radius 1 is 1.10 bits per heavy atom. The molecule has 0 amide bonds. The van der Waals surface area contributed by atoms with Crippen LogP contribution in [0.15, 0.2) is 18.2 Å². The molecule has 0 aromatic heterocycles. The lowest BCUT2D eigenvalue weighted by atomic mass is 9.98. The minimum absolute atomic E-state index is 0.619. The van der Waals surface area contributed by atoms with Crippen LogP contribution in [0.25, 0.3) is 0 Å². The molecule has 2 saturated heterocycles. The van der Waals surface area contributed by atoms with E-state index in [1.807, 2.05) is 0 Å². The Labute approximate surface area is 128 Å². The molecule has 3 heteroatoms. The summed E-state index contributed by atoms with van der Waals surface area (Å²) in [7, 11) is 0. The van der Waals surface area contributed by atoms with Gasteiger partial charge in [0, 0.05) is 43.1 Å². The van der Waals surface area contributed by atoms with E-state index in [2.05, 4.69) is 40.2 Å². The topological polar surface area (TPSA) is 18.5 Å². The van der Waals surface area contributed by atoms with Crippen molar-refractivity contribution in [2.24, 2.45) is 0 Å². The largest absolute Gasteiger partial charge is 0.382 e. The van der Waals surface area contributed by atoms with Crippen molar-refractivity contribution in [1.82, 2.24) is 4.90 Å². The summed E-state index contributed by atoms with van der Waals surface area (Å²) in [5.74, 6) is 0. The molecule has 1 N–H and O–H groups in total. The van der Waals surface area contributed by atoms with E-state index in [1.165, 1.54) is 75.2 Å². The number of fused-ring (bicyclic) bond motifs is 2. The predicted molar refractivity (Wildman–Crippen MR) is 89.3 cm³/mol. The lowest BCUT2D eigenvalue weighted by Crippen LogP contribution is -2.36. The summed E-state index contributed by atoms with van der Waals surface area (Å²) in [6.45, 7) is 7.34. The quantitative estimate of drug-likeness (QED) is 0.855. The summed E-state index contributed by atoms with van der Waals surface area (Å²) >= 11 is 0. The molecule has 4 rings (SSSR count). The monoisotopic (exact) mass is 285 g/mol. The molecule has 3 nitrogen and oxygen atoms in total. The van der Waals surface area contributed by atoms with Crippen LogP contribution in [0.4, 0.5) is 11.4 Å². The molecule has 0 saturated carbocycles. The highest BCUT2D eigenvalue weighted by Gasteiger charge is 2.29. The van der Waals surface area contributed by atoms with Crippen molar-refractivity contribution in [3.63, 3.8) is 0 Å². The standard InChI is InChI=1S/C18H27N3/c1-14-5-6-15-12-16(7-8-18(15)19-14)21-11-3-10-20-9-2-4-17(20)13-21/h7-8,12,14,17,19H,2-6,9-11,13H2,1H3. The van der Waals surface area contributed by atoms with Gasteiger partial charge in [0.25, 0.3) is 0 Å². The van der Waals surface area contributed by atoms with Gasteiger partial charge in [-0.3, -0.25) is 4.90 Å². The number of nitrogens with one attached hydrogen (secondary N) is 1. The van der Waals surface area contributed by atoms with Gasteiger partial charge in [0.1, 0.15) is 0 Å². The molecule has 21 heavy (non-hydrogen) atoms. The van der Waals surface area contributed by atoms with Crippen molar-refractivity contribution in [3.05, 3.63) is 23.8 Å². The highest BCUT2D eigenvalue weighted by Crippen LogP contribution is 2.31. The second kappa shape index (κ2) is 5.53. The first-order chi connectivity index (χ1) is 10.3. The van der Waals surface area contributed by atoms with E-state index in [4.69, 9.17) is 0 Å². The van der Waals surface area contributed by atoms with Crippen LogP contribution in [-0.2, 0) is 6.42 Å². The summed E-state index contributed by atoms with van der Waals surface area (Å²) in [5.41, 5.74) is 4.31. The Hall–Kier alpha value is -1.22. The smallest absolute Gasteiger partial charge is 0.0376 e. The summed E-state index contributed by atoms with van der Waals surface area (Å²) in [5, 5.41) is 3.61. The van der Waals surface area contributed by atoms with Gasteiger partial charge in [-0.05, 0) is 69.3 Å². The SMILES string of the molecule is CC1CCc2cc(N3CCCN4CCCC4C3)ccc2N1. The summed E-state index contributed by atoms with van der Waals surface area (Å²) in [4.78, 5) is 5.34. The van der Waals surface area contributed by atoms with Crippen LogP contribution >= 0.6 is 0 Å². The molecule has 2 atom stereocenters. The van der Waals surface area contributed by atoms with Crippen LogP contribution in [0.3, 0.4) is 0 Å². The Balaban J connectivity index is 1.55. The average Bonchev–Trinajstić information content (AvgIpc) is 2.84. The Morgan fingerprint density at radius 3 is 2.95 bits per heavy atom. The molecule has 3 aliphatic rings. The van der Waals surface area contributed by atoms with E-state index in [-0.39, 0.29) is 0 Å². The fourth-order valence-corrected chi connectivity index (χ4v) is 4.28. The zero-order chi connectivity index (χ0) is 14.2. The minimum Gasteiger partial charge on any atom is -0.382 e. The van der Waals surface area contributed by atoms with Crippen LogP contribution in [0.5, 0.6) is 0 Å². The normalized spacial score (nSPS) is 29.5. The van der Waals surface area contributed by atoms with Crippen molar-refractivity contribution in [3.8, 4) is 0 Å². The number of aryl methyl sites for hydroxylation is 1. The highest BCUT2D eigenvalue weighted by molar-refractivity contribution is 5.62. The van der Waals surface area contributed by atoms with Crippen LogP contribution in [-0.4, -0.2) is 43.2 Å². The number of nitrogens with zero attached hydrogens (tertiary/aromatic N) is 2. The predicted octanol–water partition coefficient (Wildman–Crippen LogP) is 3.11. The van der Waals surface area contributed by atoms with Gasteiger partial charge in [-0.25, -0.2) is 0 Å². The second-order valence-electron chi connectivity index (χ2n) is 7.06. The van der Waals surface area contributed by atoms with E-state index in [1.54, 1.807) is 0 Å². The van der Waals surface area contributed by atoms with Crippen LogP contribution in [0.1, 0.15) is 38.2 Å². The van der Waals surface area contributed by atoms with Crippen LogP contribution in [0.2, 0.25) is 0 Å². The van der Waals surface area contributed by atoms with Gasteiger partial charge in [-0.2, -0.15) is 0 Å². The third kappa shape index (κ3) is 2.64. The fourth-order valence-electron chi connectivity index (χ4n) is 4.28. The number of benzene rings is 1. The molecular formula is C18H27N3. The van der Waals surface area contributed by atoms with E-state index in [9.17, 15) is 0 Å². The van der Waals surface area contributed by atoms with Crippen molar-refractivity contribution >= 4 is 11.4 Å². The molecule has 2 fully saturated rings. The zero-order valence-corrected chi connectivity index (χ0v) is 13.1. The van der Waals surface area contributed by atoms with Gasteiger partial charge >= 0.3 is 0 Å². The van der Waals surface area contributed by atoms with Gasteiger partial charge in [-0.1, -0.05) is 0 Å². The highest BCUT2D eigenvalue weighted by atomic mass is 15.3. The van der Waals surface area contributed by atoms with E-state index < -0.39 is 0 Å². The molecule has 1 aromatic carbocycles. The molecular weight excluding hydrogens is 258 g/mol. The van der Waals surface area contributed by atoms with Gasteiger partial charge in [0.2, 0.25) is 0 Å². The van der Waals surface area contributed by atoms with Crippen molar-refractivity contribution in [2.75, 3.05) is 36.4 Å². The Morgan fingerprint density at radius 2 is 2.00 bits per heavy atom. The van der Waals surface area contributed by atoms with E-state index in [0.29, 0.717) is 6.04 Å². The number of anilines is 2. The average molecular weight is 285 g/mol. The molecule has 0 spiro atoms. The third-order valence-corrected chi connectivity index (χ3v) is 5.51. The zero-order valence-electron chi connectivity index (χ0n) is 13.1. The first-order valence-corrected chi connectivity index (χ1v) is 8.68. The molecule has 0 bridgehead atoms. The molecule has 114 valence electrons. The molecule has 0 radical (unpaired) electrons. The fraction of sp³-hybridized carbons (Fsp3) is 0.667. The number of hydrogen-bond acceptors (Lipinski definition) is 3. The van der Waals surface area contributed by atoms with Gasteiger partial charge in [-0.15, -0.1) is 0 Å². The molecule has 3 aliphatic heterocycles. The van der Waals surface area contributed by atoms with E-state index >= 15 is 0 Å². The van der Waals surface area contributed by atoms with Gasteiger partial charge < -0.3 is 10.2 Å². The first-order valence-electron chi connectivity index (χ1n) is 8.68. The summed E-state index contributed by atoms with van der Waals surface area (Å²) in [6.07, 6.45) is 6.57. The maximum atomic E-state index is 3.61. The summed E-state index contributed by atoms with van der Waals surface area (Å²) in [6, 6.07) is 8.49. The summed E-state index contributed by atoms with van der Waals surface area (Å²) < 4.78 is 0. The Bertz CT molecular complexity index is 513. The van der Waals surface area contributed by atoms with E-state index in [0.717, 1.165) is 6.04 Å². The van der Waals surface area contributed by atoms with Crippen molar-refractivity contribution in [2.45, 2.75) is 51.1 Å². The lowest BCUT2D eigenvalue weighted by molar-refractivity contribution is 0.273. The Kier molecular flexibility index (Phi) is 3.54. The minimum atomic E-state index is 0.619.